The molecule has 16 atom stereocenters. The Hall–Kier alpha value is 11.6. The van der Waals surface area contributed by atoms with Crippen molar-refractivity contribution in [3.8, 4) is 0 Å². The van der Waals surface area contributed by atoms with Crippen molar-refractivity contribution in [2.75, 3.05) is 0 Å². The van der Waals surface area contributed by atoms with Crippen molar-refractivity contribution in [3.05, 3.63) is 0 Å². The average molecular weight is 866 g/mol. The summed E-state index contributed by atoms with van der Waals surface area (Å²) >= 11 is 0. The molecule has 0 aromatic carbocycles. The van der Waals surface area contributed by atoms with Crippen LogP contribution in [0.1, 0.15) is 0 Å². The predicted molar refractivity (Wildman–Crippen MR) is 227 cm³/mol. The zero-order chi connectivity index (χ0) is 21.6. The normalized spacial score (nSPS) is 15.4. The minimum absolute atomic E-state index is 0.00239. The first-order chi connectivity index (χ1) is 12.2. The van der Waals surface area contributed by atoms with E-state index in [4.69, 9.17) is 0 Å². The third kappa shape index (κ3) is 15.4. The molecule has 0 amide bonds. The maximum Gasteiger partial charge on any atom is -0.00561 e. The Morgan fingerprint density at radius 3 is 0.704 bits per heavy atom. The summed E-state index contributed by atoms with van der Waals surface area (Å²) in [4.78, 5) is 0. The standard InChI is InChI=1S/H29P27/c1-16(2)23(25(17(3)4)18(5)6)15-24(26(19(7)8)20(9)10)27(21(11)12)22(13)14/h15H,1-14H2. The molecule has 0 N–H and O–H groups in total. The molecule has 0 aromatic rings. The molecule has 0 heterocycles. The molecule has 0 radical (unpaired) electrons. The molecule has 0 rings (SSSR count). The average Bonchev–Trinajstić information content (AvgIpc) is 2.43. The van der Waals surface area contributed by atoms with E-state index in [0.29, 0.717) is 0 Å². The van der Waals surface area contributed by atoms with Gasteiger partial charge in [-0.05, 0) is 91.8 Å². The van der Waals surface area contributed by atoms with Gasteiger partial charge in [0, 0.05) is 0 Å². The lowest BCUT2D eigenvalue weighted by Gasteiger charge is -2.45. The van der Waals surface area contributed by atoms with E-state index >= 15 is 0 Å². The van der Waals surface area contributed by atoms with Gasteiger partial charge in [0.2, 0.25) is 0 Å². The molecular weight excluding hydrogens is 836 g/mol. The van der Waals surface area contributed by atoms with Crippen LogP contribution >= 0.6 is 217 Å². The third-order valence-corrected chi connectivity index (χ3v) is 174. The van der Waals surface area contributed by atoms with Gasteiger partial charge in [-0.25, -0.2) is 0 Å². The summed E-state index contributed by atoms with van der Waals surface area (Å²) in [6, 6.07) is 0. The van der Waals surface area contributed by atoms with Gasteiger partial charge >= 0.3 is 0 Å². The van der Waals surface area contributed by atoms with Gasteiger partial charge < -0.3 is 0 Å². The fourth-order valence-corrected chi connectivity index (χ4v) is 331. The van der Waals surface area contributed by atoms with Crippen molar-refractivity contribution < 1.29 is 0 Å². The largest absolute Gasteiger partial charge is 0.102 e. The van der Waals surface area contributed by atoms with Gasteiger partial charge in [-0.15, -0.1) is 125 Å². The summed E-state index contributed by atoms with van der Waals surface area (Å²) in [5, 5.41) is 0. The lowest BCUT2D eigenvalue weighted by Crippen LogP contribution is -1.56. The van der Waals surface area contributed by atoms with Crippen LogP contribution in [0.15, 0.2) is 0 Å². The van der Waals surface area contributed by atoms with E-state index in [-0.39, 0.29) is 83.8 Å². The second kappa shape index (κ2) is 21.3. The summed E-state index contributed by atoms with van der Waals surface area (Å²) in [5.74, 6) is 0. The first kappa shape index (κ1) is 38.6. The maximum absolute atomic E-state index is 3.25. The summed E-state index contributed by atoms with van der Waals surface area (Å²) in [6.45, 7) is 0.583. The Balaban J connectivity index is 6.16. The molecule has 0 bridgehead atoms. The minimum Gasteiger partial charge on any atom is -0.102 e. The van der Waals surface area contributed by atoms with Gasteiger partial charge in [0.15, 0.2) is 0 Å². The van der Waals surface area contributed by atoms with E-state index in [1.54, 1.807) is 0 Å². The second-order valence-electron chi connectivity index (χ2n) is 4.14. The highest BCUT2D eigenvalue weighted by molar-refractivity contribution is 9.36. The Morgan fingerprint density at radius 2 is 0.519 bits per heavy atom. The zero-order valence-electron chi connectivity index (χ0n) is 13.9. The van der Waals surface area contributed by atoms with E-state index in [0.717, 1.165) is 0 Å². The van der Waals surface area contributed by atoms with Gasteiger partial charge in [-0.2, -0.15) is 0 Å². The Morgan fingerprint density at radius 1 is 0.296 bits per heavy atom. The van der Waals surface area contributed by atoms with Crippen molar-refractivity contribution in [2.45, 2.75) is 0 Å². The summed E-state index contributed by atoms with van der Waals surface area (Å²) < 4.78 is 0. The molecule has 0 spiro atoms. The van der Waals surface area contributed by atoms with Crippen molar-refractivity contribution in [1.29, 1.82) is 0 Å². The van der Waals surface area contributed by atoms with Crippen LogP contribution in [0, 0.1) is 0 Å². The fourth-order valence-electron chi connectivity index (χ4n) is 1.36. The summed E-state index contributed by atoms with van der Waals surface area (Å²) in [7, 11) is 46.4. The van der Waals surface area contributed by atoms with E-state index in [2.05, 4.69) is 125 Å². The van der Waals surface area contributed by atoms with Gasteiger partial charge in [0.05, 0.1) is 0 Å². The fraction of sp³-hybridized carbons (Fsp3) is 0. The van der Waals surface area contributed by atoms with Gasteiger partial charge in [0.25, 0.3) is 0 Å². The molecule has 0 saturated carbocycles. The molecule has 164 valence electrons. The van der Waals surface area contributed by atoms with Crippen LogP contribution in [0.3, 0.4) is 0 Å². The van der Waals surface area contributed by atoms with E-state index in [1.807, 2.05) is 0 Å². The zero-order valence-corrected chi connectivity index (χ0v) is 41.8. The van der Waals surface area contributed by atoms with Gasteiger partial charge in [-0.3, -0.25) is 0 Å². The molecule has 0 aliphatic carbocycles. The number of rotatable bonds is 12. The van der Waals surface area contributed by atoms with E-state index in [9.17, 15) is 0 Å². The van der Waals surface area contributed by atoms with Crippen LogP contribution in [0.2, 0.25) is 0 Å². The molecule has 27 heavy (non-hydrogen) atoms. The number of hydrogen-bond acceptors (Lipinski definition) is 0. The molecule has 0 aromatic heterocycles. The highest BCUT2D eigenvalue weighted by Crippen LogP contribution is 3.30. The lowest BCUT2D eigenvalue weighted by atomic mass is 28.5. The van der Waals surface area contributed by atoms with Crippen molar-refractivity contribution in [3.63, 3.8) is 0 Å². The van der Waals surface area contributed by atoms with Crippen LogP contribution in [0.4, 0.5) is 0 Å². The van der Waals surface area contributed by atoms with Gasteiger partial charge in [0.1, 0.15) is 0 Å². The second-order valence-corrected chi connectivity index (χ2v) is 112. The summed E-state index contributed by atoms with van der Waals surface area (Å²) in [6.07, 6.45) is 0. The summed E-state index contributed by atoms with van der Waals surface area (Å²) in [5.41, 5.74) is 0. The molecule has 0 saturated heterocycles. The minimum atomic E-state index is -0.00266. The van der Waals surface area contributed by atoms with Crippen LogP contribution < -0.4 is 0 Å². The third-order valence-electron chi connectivity index (χ3n) is 2.15. The molecule has 27 heteroatoms. The quantitative estimate of drug-likeness (QED) is 0.172. The first-order valence-electron chi connectivity index (χ1n) is 6.06. The molecule has 0 aliphatic rings. The number of hydrogen-bond donors (Lipinski definition) is 0. The van der Waals surface area contributed by atoms with Crippen LogP contribution in [0.25, 0.3) is 0 Å². The molecule has 16 unspecified atom stereocenters. The van der Waals surface area contributed by atoms with Crippen LogP contribution in [0.5, 0.6) is 0 Å². The lowest BCUT2D eigenvalue weighted by molar-refractivity contribution is 4.50. The highest BCUT2D eigenvalue weighted by Gasteiger charge is 2.42. The topological polar surface area (TPSA) is 0 Å². The van der Waals surface area contributed by atoms with Crippen LogP contribution in [-0.2, 0) is 0 Å². The maximum atomic E-state index is 3.25. The SMILES string of the molecule is PP(P)P(PP(P(P(P)P)P(P)P)P(P(P)P)P(P)P)P(P(P)P)P(P)P. The molecular formula is H29P27. The van der Waals surface area contributed by atoms with Crippen molar-refractivity contribution >= 4 is 217 Å². The van der Waals surface area contributed by atoms with Crippen molar-refractivity contribution in [1.82, 2.24) is 0 Å². The molecule has 0 aliphatic heterocycles. The highest BCUT2D eigenvalue weighted by atomic mass is 33.4. The Bertz CT molecular complexity index is 327. The van der Waals surface area contributed by atoms with Crippen LogP contribution in [-0.4, -0.2) is 0 Å². The Kier molecular flexibility index (Phi) is 30.5. The molecule has 0 nitrogen and oxygen atoms in total. The first-order valence-corrected chi connectivity index (χ1v) is 54.6. The monoisotopic (exact) mass is 866 g/mol. The van der Waals surface area contributed by atoms with E-state index in [1.165, 1.54) is 7.96 Å². The Labute approximate surface area is 214 Å². The van der Waals surface area contributed by atoms with E-state index < -0.39 is 0 Å². The van der Waals surface area contributed by atoms with Gasteiger partial charge in [-0.1, -0.05) is 0 Å². The van der Waals surface area contributed by atoms with Crippen molar-refractivity contribution in [2.24, 2.45) is 0 Å². The molecule has 0 fully saturated rings. The smallest absolute Gasteiger partial charge is 0.00561 e. The predicted octanol–water partition coefficient (Wildman–Crippen LogP) is 15.5.